The number of rotatable bonds is 5. The van der Waals surface area contributed by atoms with Crippen molar-refractivity contribution in [3.63, 3.8) is 0 Å². The normalized spacial score (nSPS) is 10.2. The minimum Gasteiger partial charge on any atom is -0.497 e. The van der Waals surface area contributed by atoms with Gasteiger partial charge in [0.15, 0.2) is 0 Å². The third kappa shape index (κ3) is 4.35. The lowest BCUT2D eigenvalue weighted by Gasteiger charge is -2.08. The minimum atomic E-state index is 0.0288. The predicted octanol–water partition coefficient (Wildman–Crippen LogP) is 3.17. The van der Waals surface area contributed by atoms with Gasteiger partial charge >= 0.3 is 0 Å². The Morgan fingerprint density at radius 2 is 1.86 bits per heavy atom. The van der Waals surface area contributed by atoms with Crippen LogP contribution >= 0.6 is 0 Å². The summed E-state index contributed by atoms with van der Waals surface area (Å²) in [6.45, 7) is 4.65. The van der Waals surface area contributed by atoms with Crippen LogP contribution < -0.4 is 10.1 Å². The molecule has 1 N–H and O–H groups in total. The third-order valence-electron chi connectivity index (χ3n) is 3.56. The van der Waals surface area contributed by atoms with Crippen LogP contribution in [0.15, 0.2) is 42.5 Å². The SMILES string of the molecule is COc1cccc(CNC(=O)Cc2ccc(C)c(C)c2)c1. The van der Waals surface area contributed by atoms with Crippen molar-refractivity contribution in [1.29, 1.82) is 0 Å². The summed E-state index contributed by atoms with van der Waals surface area (Å²) in [5, 5.41) is 2.94. The second-order valence-corrected chi connectivity index (χ2v) is 5.22. The van der Waals surface area contributed by atoms with Gasteiger partial charge in [-0.2, -0.15) is 0 Å². The topological polar surface area (TPSA) is 38.3 Å². The zero-order valence-electron chi connectivity index (χ0n) is 12.8. The van der Waals surface area contributed by atoms with E-state index in [0.29, 0.717) is 13.0 Å². The Bertz CT molecular complexity index is 635. The van der Waals surface area contributed by atoms with Gasteiger partial charge in [-0.25, -0.2) is 0 Å². The maximum atomic E-state index is 12.0. The molecule has 0 aliphatic heterocycles. The number of ether oxygens (including phenoxy) is 1. The van der Waals surface area contributed by atoms with Crippen LogP contribution in [0.1, 0.15) is 22.3 Å². The fourth-order valence-corrected chi connectivity index (χ4v) is 2.14. The first-order chi connectivity index (χ1) is 10.1. The van der Waals surface area contributed by atoms with E-state index in [9.17, 15) is 4.79 Å². The number of methoxy groups -OCH3 is 1. The Morgan fingerprint density at radius 1 is 1.05 bits per heavy atom. The van der Waals surface area contributed by atoms with Gasteiger partial charge in [0.05, 0.1) is 13.5 Å². The van der Waals surface area contributed by atoms with Crippen LogP contribution in [0, 0.1) is 13.8 Å². The van der Waals surface area contributed by atoms with E-state index in [4.69, 9.17) is 4.74 Å². The van der Waals surface area contributed by atoms with E-state index in [2.05, 4.69) is 31.3 Å². The highest BCUT2D eigenvalue weighted by Crippen LogP contribution is 2.13. The first kappa shape index (κ1) is 15.1. The molecule has 0 spiro atoms. The first-order valence-corrected chi connectivity index (χ1v) is 7.04. The molecule has 0 heterocycles. The fourth-order valence-electron chi connectivity index (χ4n) is 2.14. The highest BCUT2D eigenvalue weighted by Gasteiger charge is 2.05. The zero-order valence-corrected chi connectivity index (χ0v) is 12.8. The summed E-state index contributed by atoms with van der Waals surface area (Å²) >= 11 is 0. The third-order valence-corrected chi connectivity index (χ3v) is 3.56. The molecule has 3 heteroatoms. The molecule has 0 atom stereocenters. The molecule has 0 fully saturated rings. The molecule has 0 saturated heterocycles. The van der Waals surface area contributed by atoms with Gasteiger partial charge in [0.2, 0.25) is 5.91 Å². The molecule has 2 rings (SSSR count). The number of hydrogen-bond acceptors (Lipinski definition) is 2. The lowest BCUT2D eigenvalue weighted by Crippen LogP contribution is -2.24. The van der Waals surface area contributed by atoms with Gasteiger partial charge in [-0.05, 0) is 48.2 Å². The van der Waals surface area contributed by atoms with Crippen molar-refractivity contribution in [3.8, 4) is 5.75 Å². The van der Waals surface area contributed by atoms with E-state index in [-0.39, 0.29) is 5.91 Å². The monoisotopic (exact) mass is 283 g/mol. The summed E-state index contributed by atoms with van der Waals surface area (Å²) in [4.78, 5) is 12.0. The molecule has 3 nitrogen and oxygen atoms in total. The molecular weight excluding hydrogens is 262 g/mol. The van der Waals surface area contributed by atoms with Crippen molar-refractivity contribution in [2.75, 3.05) is 7.11 Å². The second kappa shape index (κ2) is 6.93. The van der Waals surface area contributed by atoms with Crippen molar-refractivity contribution in [2.24, 2.45) is 0 Å². The molecule has 0 aliphatic rings. The van der Waals surface area contributed by atoms with Crippen LogP contribution in [0.2, 0.25) is 0 Å². The van der Waals surface area contributed by atoms with Crippen LogP contribution in [0.4, 0.5) is 0 Å². The number of nitrogens with one attached hydrogen (secondary N) is 1. The number of benzene rings is 2. The number of carbonyl (C=O) groups excluding carboxylic acids is 1. The van der Waals surface area contributed by atoms with Gasteiger partial charge in [-0.3, -0.25) is 4.79 Å². The van der Waals surface area contributed by atoms with E-state index < -0.39 is 0 Å². The summed E-state index contributed by atoms with van der Waals surface area (Å²) < 4.78 is 5.17. The number of hydrogen-bond donors (Lipinski definition) is 1. The number of carbonyl (C=O) groups is 1. The maximum Gasteiger partial charge on any atom is 0.224 e. The molecule has 0 bridgehead atoms. The number of aryl methyl sites for hydroxylation is 2. The van der Waals surface area contributed by atoms with E-state index >= 15 is 0 Å². The average molecular weight is 283 g/mol. The van der Waals surface area contributed by atoms with E-state index in [1.54, 1.807) is 7.11 Å². The Morgan fingerprint density at radius 3 is 2.57 bits per heavy atom. The van der Waals surface area contributed by atoms with E-state index in [1.165, 1.54) is 11.1 Å². The predicted molar refractivity (Wildman–Crippen MR) is 84.5 cm³/mol. The minimum absolute atomic E-state index is 0.0288. The lowest BCUT2D eigenvalue weighted by molar-refractivity contribution is -0.120. The van der Waals surface area contributed by atoms with Crippen molar-refractivity contribution in [2.45, 2.75) is 26.8 Å². The second-order valence-electron chi connectivity index (χ2n) is 5.22. The number of amides is 1. The molecule has 0 unspecified atom stereocenters. The first-order valence-electron chi connectivity index (χ1n) is 7.04. The Kier molecular flexibility index (Phi) is 4.99. The zero-order chi connectivity index (χ0) is 15.2. The Hall–Kier alpha value is -2.29. The van der Waals surface area contributed by atoms with Crippen molar-refractivity contribution >= 4 is 5.91 Å². The lowest BCUT2D eigenvalue weighted by atomic mass is 10.0. The van der Waals surface area contributed by atoms with Crippen LogP contribution in [0.5, 0.6) is 5.75 Å². The van der Waals surface area contributed by atoms with Crippen LogP contribution in [0.3, 0.4) is 0 Å². The summed E-state index contributed by atoms with van der Waals surface area (Å²) in [5.41, 5.74) is 4.53. The van der Waals surface area contributed by atoms with Gasteiger partial charge in [0.25, 0.3) is 0 Å². The maximum absolute atomic E-state index is 12.0. The molecule has 2 aromatic rings. The van der Waals surface area contributed by atoms with Crippen molar-refractivity contribution in [1.82, 2.24) is 5.32 Å². The van der Waals surface area contributed by atoms with E-state index in [1.807, 2.05) is 30.3 Å². The Labute approximate surface area is 126 Å². The molecule has 2 aromatic carbocycles. The van der Waals surface area contributed by atoms with Gasteiger partial charge in [0, 0.05) is 6.54 Å². The molecule has 0 aromatic heterocycles. The largest absolute Gasteiger partial charge is 0.497 e. The summed E-state index contributed by atoms with van der Waals surface area (Å²) in [5.74, 6) is 0.831. The molecule has 0 saturated carbocycles. The quantitative estimate of drug-likeness (QED) is 0.915. The summed E-state index contributed by atoms with van der Waals surface area (Å²) in [6, 6.07) is 13.8. The molecular formula is C18H21NO2. The van der Waals surface area contributed by atoms with Crippen LogP contribution in [-0.4, -0.2) is 13.0 Å². The molecule has 1 amide bonds. The molecule has 0 radical (unpaired) electrons. The van der Waals surface area contributed by atoms with Crippen LogP contribution in [0.25, 0.3) is 0 Å². The van der Waals surface area contributed by atoms with Gasteiger partial charge in [-0.1, -0.05) is 30.3 Å². The Balaban J connectivity index is 1.91. The summed E-state index contributed by atoms with van der Waals surface area (Å²) in [6.07, 6.45) is 0.408. The molecule has 110 valence electrons. The highest BCUT2D eigenvalue weighted by molar-refractivity contribution is 5.78. The molecule has 21 heavy (non-hydrogen) atoms. The van der Waals surface area contributed by atoms with E-state index in [0.717, 1.165) is 16.9 Å². The van der Waals surface area contributed by atoms with Gasteiger partial charge in [-0.15, -0.1) is 0 Å². The van der Waals surface area contributed by atoms with Gasteiger partial charge < -0.3 is 10.1 Å². The molecule has 0 aliphatic carbocycles. The van der Waals surface area contributed by atoms with Crippen molar-refractivity contribution < 1.29 is 9.53 Å². The van der Waals surface area contributed by atoms with Crippen molar-refractivity contribution in [3.05, 3.63) is 64.7 Å². The summed E-state index contributed by atoms with van der Waals surface area (Å²) in [7, 11) is 1.64. The van der Waals surface area contributed by atoms with Gasteiger partial charge in [0.1, 0.15) is 5.75 Å². The standard InChI is InChI=1S/C18H21NO2/c1-13-7-8-15(9-14(13)2)11-18(20)19-12-16-5-4-6-17(10-16)21-3/h4-10H,11-12H2,1-3H3,(H,19,20). The average Bonchev–Trinajstić information content (AvgIpc) is 2.49. The fraction of sp³-hybridized carbons (Fsp3) is 0.278. The highest BCUT2D eigenvalue weighted by atomic mass is 16.5. The smallest absolute Gasteiger partial charge is 0.224 e. The van der Waals surface area contributed by atoms with Crippen LogP contribution in [-0.2, 0) is 17.8 Å².